The van der Waals surface area contributed by atoms with Gasteiger partial charge in [0.25, 0.3) is 5.69 Å². The second-order valence-corrected chi connectivity index (χ2v) is 11.0. The molecule has 7 nitrogen and oxygen atoms in total. The first-order valence-electron chi connectivity index (χ1n) is 12.9. The van der Waals surface area contributed by atoms with Crippen LogP contribution in [0.1, 0.15) is 37.8 Å². The first kappa shape index (κ1) is 25.2. The predicted octanol–water partition coefficient (Wildman–Crippen LogP) is 6.35. The zero-order valence-electron chi connectivity index (χ0n) is 21.4. The number of ketones is 1. The summed E-state index contributed by atoms with van der Waals surface area (Å²) in [7, 11) is 0. The predicted molar refractivity (Wildman–Crippen MR) is 148 cm³/mol. The normalized spacial score (nSPS) is 27.5. The number of fused-ring (bicyclic) bond motifs is 5. The summed E-state index contributed by atoms with van der Waals surface area (Å²) < 4.78 is 0. The highest BCUT2D eigenvalue weighted by Gasteiger charge is 2.80. The number of non-ortho nitro benzene ring substituents is 1. The third kappa shape index (κ3) is 3.13. The Bertz CT molecular complexity index is 1600. The number of rotatable bonds is 6. The van der Waals surface area contributed by atoms with Crippen molar-refractivity contribution in [2.45, 2.75) is 26.7 Å². The van der Waals surface area contributed by atoms with Crippen LogP contribution in [-0.2, 0) is 14.4 Å². The van der Waals surface area contributed by atoms with E-state index in [1.807, 2.05) is 67.6 Å². The van der Waals surface area contributed by atoms with Gasteiger partial charge >= 0.3 is 0 Å². The van der Waals surface area contributed by atoms with Gasteiger partial charge in [-0.1, -0.05) is 85.6 Å². The molecular weight excluding hydrogens is 516 g/mol. The lowest BCUT2D eigenvalue weighted by atomic mass is 9.61. The van der Waals surface area contributed by atoms with Gasteiger partial charge in [0.2, 0.25) is 11.8 Å². The summed E-state index contributed by atoms with van der Waals surface area (Å²) in [5.74, 6) is -3.11. The Labute approximate surface area is 230 Å². The summed E-state index contributed by atoms with van der Waals surface area (Å²) in [6.45, 7) is 3.75. The molecule has 0 aromatic heterocycles. The summed E-state index contributed by atoms with van der Waals surface area (Å²) in [5, 5.41) is 11.6. The Balaban J connectivity index is 1.64. The van der Waals surface area contributed by atoms with Crippen LogP contribution in [0.3, 0.4) is 0 Å². The molecule has 3 aromatic rings. The number of anilines is 1. The third-order valence-electron chi connectivity index (χ3n) is 8.70. The molecule has 1 aliphatic heterocycles. The van der Waals surface area contributed by atoms with Crippen molar-refractivity contribution in [2.75, 3.05) is 4.90 Å². The molecule has 0 radical (unpaired) electrons. The number of benzene rings is 3. The van der Waals surface area contributed by atoms with E-state index in [0.29, 0.717) is 12.8 Å². The van der Waals surface area contributed by atoms with E-state index in [9.17, 15) is 24.5 Å². The molecule has 0 unspecified atom stereocenters. The monoisotopic (exact) mass is 540 g/mol. The van der Waals surface area contributed by atoms with Crippen LogP contribution < -0.4 is 4.90 Å². The Morgan fingerprint density at radius 2 is 1.44 bits per heavy atom. The van der Waals surface area contributed by atoms with Crippen molar-refractivity contribution in [1.29, 1.82) is 0 Å². The number of hydrogen-bond donors (Lipinski definition) is 0. The molecule has 0 N–H and O–H groups in total. The molecule has 1 saturated heterocycles. The number of Topliss-reactive ketones (excluding diaryl/α,β-unsaturated/α-hetero) is 1. The van der Waals surface area contributed by atoms with E-state index in [-0.39, 0.29) is 22.2 Å². The Kier molecular flexibility index (Phi) is 5.63. The van der Waals surface area contributed by atoms with Gasteiger partial charge in [-0.05, 0) is 41.7 Å². The number of nitro benzene ring substituents is 1. The first-order valence-corrected chi connectivity index (χ1v) is 13.3. The average molecular weight is 541 g/mol. The van der Waals surface area contributed by atoms with Gasteiger partial charge in [-0.3, -0.25) is 24.5 Å². The highest BCUT2D eigenvalue weighted by atomic mass is 35.5. The number of carbonyl (C=O) groups excluding carboxylic acids is 3. The molecule has 2 amide bonds. The van der Waals surface area contributed by atoms with Gasteiger partial charge < -0.3 is 0 Å². The molecule has 2 bridgehead atoms. The summed E-state index contributed by atoms with van der Waals surface area (Å²) in [4.78, 5) is 55.1. The van der Waals surface area contributed by atoms with Crippen molar-refractivity contribution < 1.29 is 19.3 Å². The quantitative estimate of drug-likeness (QED) is 0.206. The topological polar surface area (TPSA) is 97.6 Å². The van der Waals surface area contributed by atoms with Gasteiger partial charge in [0.15, 0.2) is 5.78 Å². The zero-order chi connectivity index (χ0) is 27.7. The van der Waals surface area contributed by atoms with Gasteiger partial charge in [-0.15, -0.1) is 0 Å². The number of amides is 2. The van der Waals surface area contributed by atoms with Gasteiger partial charge in [-0.2, -0.15) is 0 Å². The fourth-order valence-corrected chi connectivity index (χ4v) is 7.58. The minimum Gasteiger partial charge on any atom is -0.298 e. The number of allylic oxidation sites excluding steroid dienone is 2. The second kappa shape index (κ2) is 8.71. The van der Waals surface area contributed by atoms with Gasteiger partial charge in [-0.25, -0.2) is 4.90 Å². The molecule has 196 valence electrons. The Hall–Kier alpha value is -4.10. The molecule has 1 saturated carbocycles. The van der Waals surface area contributed by atoms with Crippen LogP contribution >= 0.6 is 11.6 Å². The molecule has 1 heterocycles. The van der Waals surface area contributed by atoms with Crippen molar-refractivity contribution in [2.24, 2.45) is 22.7 Å². The van der Waals surface area contributed by atoms with E-state index in [4.69, 9.17) is 11.6 Å². The summed E-state index contributed by atoms with van der Waals surface area (Å²) in [6.07, 6.45) is 1.00. The number of imide groups is 1. The molecule has 39 heavy (non-hydrogen) atoms. The molecule has 8 heteroatoms. The molecule has 4 atom stereocenters. The smallest absolute Gasteiger partial charge is 0.271 e. The van der Waals surface area contributed by atoms with E-state index in [1.54, 1.807) is 6.92 Å². The highest BCUT2D eigenvalue weighted by molar-refractivity contribution is 6.39. The maximum atomic E-state index is 14.6. The van der Waals surface area contributed by atoms with Crippen molar-refractivity contribution in [3.8, 4) is 0 Å². The molecule has 2 fully saturated rings. The van der Waals surface area contributed by atoms with Crippen LogP contribution in [0.25, 0.3) is 11.1 Å². The first-order chi connectivity index (χ1) is 18.7. The van der Waals surface area contributed by atoms with Gasteiger partial charge in [0.05, 0.1) is 38.3 Å². The molecule has 2 aliphatic carbocycles. The van der Waals surface area contributed by atoms with E-state index in [1.165, 1.54) is 12.1 Å². The van der Waals surface area contributed by atoms with Crippen molar-refractivity contribution >= 4 is 51.7 Å². The average Bonchev–Trinajstić information content (AvgIpc) is 3.40. The lowest BCUT2D eigenvalue weighted by Gasteiger charge is -2.37. The van der Waals surface area contributed by atoms with Crippen molar-refractivity contribution in [3.05, 3.63) is 105 Å². The lowest BCUT2D eigenvalue weighted by molar-refractivity contribution is -0.384. The fourth-order valence-electron chi connectivity index (χ4n) is 7.38. The van der Waals surface area contributed by atoms with Crippen LogP contribution in [0.15, 0.2) is 78.9 Å². The SMILES string of the molecule is CCC[C@@]12C(=O)[C@@](C)(C(c3ccccc3)=C1c1ccccc1)[C@H]1C(=O)N(c3cc([N+](=O)[O-])ccc3Cl)C(=O)[C@H]12. The molecule has 3 aromatic carbocycles. The van der Waals surface area contributed by atoms with Crippen LogP contribution in [0.2, 0.25) is 5.02 Å². The minimum absolute atomic E-state index is 0.0279. The second-order valence-electron chi connectivity index (χ2n) is 10.6. The number of carbonyl (C=O) groups is 3. The Morgan fingerprint density at radius 1 is 0.872 bits per heavy atom. The van der Waals surface area contributed by atoms with Gasteiger partial charge in [0.1, 0.15) is 0 Å². The fraction of sp³-hybridized carbons (Fsp3) is 0.258. The number of hydrogen-bond acceptors (Lipinski definition) is 5. The summed E-state index contributed by atoms with van der Waals surface area (Å²) >= 11 is 6.42. The van der Waals surface area contributed by atoms with Crippen LogP contribution in [0, 0.1) is 32.8 Å². The van der Waals surface area contributed by atoms with Crippen LogP contribution in [0.4, 0.5) is 11.4 Å². The van der Waals surface area contributed by atoms with Crippen LogP contribution in [0.5, 0.6) is 0 Å². The molecule has 6 rings (SSSR count). The maximum Gasteiger partial charge on any atom is 0.271 e. The summed E-state index contributed by atoms with van der Waals surface area (Å²) in [5.41, 5.74) is 0.410. The Morgan fingerprint density at radius 3 is 2.00 bits per heavy atom. The molecule has 3 aliphatic rings. The largest absolute Gasteiger partial charge is 0.298 e. The maximum absolute atomic E-state index is 14.6. The highest BCUT2D eigenvalue weighted by Crippen LogP contribution is 2.75. The van der Waals surface area contributed by atoms with E-state index in [2.05, 4.69) is 0 Å². The van der Waals surface area contributed by atoms with E-state index < -0.39 is 39.4 Å². The van der Waals surface area contributed by atoms with Gasteiger partial charge in [0, 0.05) is 12.1 Å². The third-order valence-corrected chi connectivity index (χ3v) is 9.02. The molecular formula is C31H25ClN2O5. The van der Waals surface area contributed by atoms with Crippen molar-refractivity contribution in [1.82, 2.24) is 0 Å². The van der Waals surface area contributed by atoms with E-state index in [0.717, 1.165) is 33.2 Å². The standard InChI is InChI=1S/C31H25ClN2O5/c1-3-16-31-24(19-12-8-5-9-13-19)23(18-10-6-4-7-11-18)30(2,29(31)37)25-26(31)28(36)33(27(25)35)22-17-20(34(38)39)14-15-21(22)32/h4-15,17,25-26H,3,16H2,1-2H3/t25-,26+,30+,31-/m1/s1. The lowest BCUT2D eigenvalue weighted by Crippen LogP contribution is -2.41. The molecule has 0 spiro atoms. The van der Waals surface area contributed by atoms with Crippen molar-refractivity contribution in [3.63, 3.8) is 0 Å². The number of nitrogens with zero attached hydrogens (tertiary/aromatic N) is 2. The number of halogens is 1. The minimum atomic E-state index is -1.28. The van der Waals surface area contributed by atoms with Crippen LogP contribution in [-0.4, -0.2) is 22.5 Å². The van der Waals surface area contributed by atoms with E-state index >= 15 is 0 Å². The number of nitro groups is 1. The zero-order valence-corrected chi connectivity index (χ0v) is 22.1. The summed E-state index contributed by atoms with van der Waals surface area (Å²) in [6, 6.07) is 22.8.